The topological polar surface area (TPSA) is 183 Å². The number of esters is 2. The Morgan fingerprint density at radius 2 is 1.56 bits per heavy atom. The molecule has 0 aliphatic carbocycles. The Kier molecular flexibility index (Phi) is 16.8. The minimum absolute atomic E-state index is 0.0345. The van der Waals surface area contributed by atoms with Crippen molar-refractivity contribution < 1.29 is 58.2 Å². The van der Waals surface area contributed by atoms with E-state index in [1.165, 1.54) is 27.9 Å². The van der Waals surface area contributed by atoms with Gasteiger partial charge in [0.05, 0.1) is 29.8 Å². The van der Waals surface area contributed by atoms with E-state index in [0.717, 1.165) is 5.56 Å². The van der Waals surface area contributed by atoms with Crippen molar-refractivity contribution in [2.24, 2.45) is 28.8 Å². The summed E-state index contributed by atoms with van der Waals surface area (Å²) in [6.07, 6.45) is -7.26. The Morgan fingerprint density at radius 3 is 2.14 bits per heavy atom. The number of aliphatic hydroxyl groups is 3. The number of rotatable bonds is 11. The van der Waals surface area contributed by atoms with Gasteiger partial charge in [-0.3, -0.25) is 9.59 Å². The van der Waals surface area contributed by atoms with Crippen molar-refractivity contribution in [1.82, 2.24) is 4.90 Å². The largest absolute Gasteiger partial charge is 0.459 e. The van der Waals surface area contributed by atoms with Gasteiger partial charge in [0, 0.05) is 36.5 Å². The molecule has 0 bridgehead atoms. The van der Waals surface area contributed by atoms with Crippen LogP contribution in [0.15, 0.2) is 65.8 Å². The van der Waals surface area contributed by atoms with Crippen LogP contribution >= 0.6 is 0 Å². The number of cyclic esters (lactones) is 1. The van der Waals surface area contributed by atoms with Gasteiger partial charge in [-0.15, -0.1) is 0 Å². The fourth-order valence-corrected chi connectivity index (χ4v) is 8.51. The normalized spacial score (nSPS) is 36.7. The number of nitrogens with zero attached hydrogens (tertiary/aromatic N) is 2. The third-order valence-electron chi connectivity index (χ3n) is 12.2. The first-order valence-corrected chi connectivity index (χ1v) is 20.6. The molecule has 14 atom stereocenters. The van der Waals surface area contributed by atoms with Crippen LogP contribution in [0.25, 0.3) is 0 Å². The highest BCUT2D eigenvalue weighted by Gasteiger charge is 2.53. The van der Waals surface area contributed by atoms with E-state index in [9.17, 15) is 29.7 Å². The van der Waals surface area contributed by atoms with Crippen LogP contribution in [0.5, 0.6) is 0 Å². The van der Waals surface area contributed by atoms with E-state index in [2.05, 4.69) is 5.16 Å². The van der Waals surface area contributed by atoms with Crippen molar-refractivity contribution in [3.8, 4) is 0 Å². The molecule has 0 radical (unpaired) electrons. The summed E-state index contributed by atoms with van der Waals surface area (Å²) in [5.74, 6) is -6.08. The van der Waals surface area contributed by atoms with Crippen molar-refractivity contribution in [2.75, 3.05) is 21.2 Å². The predicted molar refractivity (Wildman–Crippen MR) is 220 cm³/mol. The molecule has 3 N–H and O–H groups in total. The van der Waals surface area contributed by atoms with E-state index >= 15 is 0 Å². The highest BCUT2D eigenvalue weighted by molar-refractivity contribution is 6.43. The number of hydrogen-bond donors (Lipinski definition) is 3. The van der Waals surface area contributed by atoms with Crippen LogP contribution in [-0.2, 0) is 49.5 Å². The lowest BCUT2D eigenvalue weighted by Gasteiger charge is -2.48. The van der Waals surface area contributed by atoms with Gasteiger partial charge in [-0.2, -0.15) is 0 Å². The molecule has 0 amide bonds. The second-order valence-corrected chi connectivity index (χ2v) is 17.0. The maximum atomic E-state index is 14.5. The molecule has 2 aromatic carbocycles. The minimum Gasteiger partial charge on any atom is -0.459 e. The van der Waals surface area contributed by atoms with Crippen LogP contribution in [0.3, 0.4) is 0 Å². The number of carbonyl (C=O) groups excluding carboxylic acids is 3. The Bertz CT molecular complexity index is 1710. The first kappa shape index (κ1) is 47.9. The van der Waals surface area contributed by atoms with Crippen molar-refractivity contribution >= 4 is 23.4 Å². The average molecular weight is 827 g/mol. The van der Waals surface area contributed by atoms with Gasteiger partial charge >= 0.3 is 11.9 Å². The van der Waals surface area contributed by atoms with Crippen LogP contribution < -0.4 is 0 Å². The third kappa shape index (κ3) is 11.3. The van der Waals surface area contributed by atoms with Gasteiger partial charge in [0.25, 0.3) is 0 Å². The molecule has 59 heavy (non-hydrogen) atoms. The molecule has 2 aliphatic rings. The van der Waals surface area contributed by atoms with Crippen LogP contribution in [0, 0.1) is 23.7 Å². The molecular formula is C45H66N2O12. The maximum Gasteiger partial charge on any atom is 0.361 e. The number of ketones is 1. The Balaban J connectivity index is 1.88. The van der Waals surface area contributed by atoms with Crippen molar-refractivity contribution in [1.29, 1.82) is 0 Å². The fourth-order valence-electron chi connectivity index (χ4n) is 8.51. The monoisotopic (exact) mass is 826 g/mol. The van der Waals surface area contributed by atoms with Crippen molar-refractivity contribution in [2.45, 2.75) is 141 Å². The summed E-state index contributed by atoms with van der Waals surface area (Å²) in [5, 5.41) is 39.1. The van der Waals surface area contributed by atoms with Crippen LogP contribution in [0.1, 0.15) is 85.8 Å². The van der Waals surface area contributed by atoms with Crippen LogP contribution in [0.2, 0.25) is 0 Å². The highest BCUT2D eigenvalue weighted by atomic mass is 16.7. The molecule has 328 valence electrons. The van der Waals surface area contributed by atoms with Gasteiger partial charge in [0.1, 0.15) is 36.3 Å². The molecule has 2 aromatic rings. The number of benzene rings is 2. The number of oxime groups is 1. The van der Waals surface area contributed by atoms with Gasteiger partial charge in [-0.25, -0.2) is 4.79 Å². The first-order valence-electron chi connectivity index (χ1n) is 20.6. The molecule has 0 unspecified atom stereocenters. The lowest BCUT2D eigenvalue weighted by molar-refractivity contribution is -0.301. The lowest BCUT2D eigenvalue weighted by atomic mass is 9.74. The van der Waals surface area contributed by atoms with Gasteiger partial charge in [-0.05, 0) is 66.6 Å². The molecule has 2 aliphatic heterocycles. The van der Waals surface area contributed by atoms with Crippen LogP contribution in [0.4, 0.5) is 0 Å². The summed E-state index contributed by atoms with van der Waals surface area (Å²) in [5.41, 5.74) is -2.35. The molecule has 2 saturated heterocycles. The van der Waals surface area contributed by atoms with Crippen molar-refractivity contribution in [3.05, 3.63) is 71.8 Å². The van der Waals surface area contributed by atoms with E-state index in [4.69, 9.17) is 28.5 Å². The van der Waals surface area contributed by atoms with Gasteiger partial charge in [0.15, 0.2) is 12.0 Å². The molecule has 14 nitrogen and oxygen atoms in total. The van der Waals surface area contributed by atoms with Crippen molar-refractivity contribution in [3.63, 3.8) is 0 Å². The number of Topliss-reactive ketones (excluding diaryl/α,β-unsaturated/α-hetero) is 1. The zero-order valence-corrected chi connectivity index (χ0v) is 36.4. The highest BCUT2D eigenvalue weighted by Crippen LogP contribution is 2.40. The zero-order valence-electron chi connectivity index (χ0n) is 36.4. The average Bonchev–Trinajstić information content (AvgIpc) is 3.21. The fraction of sp³-hybridized carbons (Fsp3) is 0.644. The molecule has 4 rings (SSSR count). The van der Waals surface area contributed by atoms with E-state index in [1.807, 2.05) is 56.3 Å². The summed E-state index contributed by atoms with van der Waals surface area (Å²) in [6.45, 7) is 13.2. The molecule has 2 heterocycles. The Hall–Kier alpha value is -3.76. The molecule has 14 heteroatoms. The number of carbonyl (C=O) groups is 3. The smallest absolute Gasteiger partial charge is 0.361 e. The van der Waals surface area contributed by atoms with E-state index in [-0.39, 0.29) is 43.1 Å². The standard InChI is InChI=1S/C45H66N2O12/c1-12-34-45(8,53)39(50)28(4)36(48)26(2)24-44(7,54-11)40(59-43-37(49)33(47(9)10)23-27(3)56-43)29(5)38(30(6)41(51)57-34)58-42(52)35(32-21-17-14-18-22-32)46-55-25-31-19-15-13-16-20-31/h13-22,26-30,33-34,37-40,43,49-50,53H,12,23-25H2,1-11H3/b46-35+/t26-,27-,28-,29+,30-,33+,34+,37-,38-,39-,40-,43+,44+,45-/m1/s1. The summed E-state index contributed by atoms with van der Waals surface area (Å²) in [6, 6.07) is 17.6. The number of aliphatic hydroxyl groups excluding tert-OH is 2. The number of ether oxygens (including phenoxy) is 5. The quantitative estimate of drug-likeness (QED) is 0.161. The summed E-state index contributed by atoms with van der Waals surface area (Å²) in [4.78, 5) is 50.5. The van der Waals surface area contributed by atoms with Gasteiger partial charge < -0.3 is 48.7 Å². The number of methoxy groups -OCH3 is 1. The summed E-state index contributed by atoms with van der Waals surface area (Å²) < 4.78 is 31.6. The van der Waals surface area contributed by atoms with E-state index in [0.29, 0.717) is 12.0 Å². The van der Waals surface area contributed by atoms with E-state index < -0.39 is 83.6 Å². The minimum atomic E-state index is -2.03. The second kappa shape index (κ2) is 20.7. The van der Waals surface area contributed by atoms with Gasteiger partial charge in [-0.1, -0.05) is 93.5 Å². The van der Waals surface area contributed by atoms with Gasteiger partial charge in [0.2, 0.25) is 0 Å². The summed E-state index contributed by atoms with van der Waals surface area (Å²) >= 11 is 0. The lowest BCUT2D eigenvalue weighted by Crippen LogP contribution is -2.60. The number of likely N-dealkylation sites (N-methyl/N-ethyl adjacent to an activating group) is 1. The molecule has 0 aromatic heterocycles. The second-order valence-electron chi connectivity index (χ2n) is 17.0. The third-order valence-corrected chi connectivity index (χ3v) is 12.2. The first-order chi connectivity index (χ1) is 27.8. The van der Waals surface area contributed by atoms with E-state index in [1.54, 1.807) is 58.0 Å². The zero-order chi connectivity index (χ0) is 43.8. The molecule has 0 spiro atoms. The predicted octanol–water partition coefficient (Wildman–Crippen LogP) is 4.69. The Labute approximate surface area is 349 Å². The summed E-state index contributed by atoms with van der Waals surface area (Å²) in [7, 11) is 5.17. The Morgan fingerprint density at radius 1 is 0.949 bits per heavy atom. The molecular weight excluding hydrogens is 760 g/mol. The van der Waals surface area contributed by atoms with Crippen LogP contribution in [-0.4, -0.2) is 125 Å². The number of hydrogen-bond acceptors (Lipinski definition) is 14. The molecule has 0 saturated carbocycles. The maximum absolute atomic E-state index is 14.5. The SMILES string of the molecule is CC[C@@H]1OC(=O)[C@H](C)[C@H](OC(=O)/C(=N/OCc2ccccc2)c2ccccc2)[C@H](C)[C@@H](O[C@@H]2O[C@H](C)C[C@H](N(C)C)[C@H]2O)[C@@](C)(OC)C[C@@H](C)C(=O)[C@@H](C)[C@@H](O)[C@]1(C)O. The molecule has 2 fully saturated rings.